The van der Waals surface area contributed by atoms with Crippen LogP contribution in [0.3, 0.4) is 0 Å². The van der Waals surface area contributed by atoms with Gasteiger partial charge in [0.1, 0.15) is 0 Å². The Labute approximate surface area is 166 Å². The highest BCUT2D eigenvalue weighted by Crippen LogP contribution is 2.14. The molecule has 0 aliphatic carbocycles. The van der Waals surface area contributed by atoms with Gasteiger partial charge in [-0.1, -0.05) is 18.2 Å². The highest BCUT2D eigenvalue weighted by atomic mass is 127. The largest absolute Gasteiger partial charge is 0.370 e. The predicted molar refractivity (Wildman–Crippen MR) is 116 cm³/mol. The molecular weight excluding hydrogens is 427 g/mol. The van der Waals surface area contributed by atoms with Gasteiger partial charge in [0.15, 0.2) is 5.96 Å². The molecule has 0 saturated carbocycles. The van der Waals surface area contributed by atoms with Gasteiger partial charge in [-0.2, -0.15) is 0 Å². The van der Waals surface area contributed by atoms with Gasteiger partial charge in [0.2, 0.25) is 5.91 Å². The van der Waals surface area contributed by atoms with E-state index in [4.69, 9.17) is 5.73 Å². The van der Waals surface area contributed by atoms with Crippen LogP contribution in [0, 0.1) is 13.8 Å². The first-order valence-electron chi connectivity index (χ1n) is 7.95. The van der Waals surface area contributed by atoms with Gasteiger partial charge in [-0.3, -0.25) is 9.79 Å². The lowest BCUT2D eigenvalue weighted by Gasteiger charge is -2.08. The molecule has 5 nitrogen and oxygen atoms in total. The number of benzene rings is 2. The number of nitrogens with two attached hydrogens (primary N) is 1. The van der Waals surface area contributed by atoms with Crippen molar-refractivity contribution in [1.82, 2.24) is 0 Å². The van der Waals surface area contributed by atoms with Crippen LogP contribution in [0.5, 0.6) is 0 Å². The van der Waals surface area contributed by atoms with E-state index in [1.807, 2.05) is 30.3 Å². The van der Waals surface area contributed by atoms with Gasteiger partial charge in [0.05, 0.1) is 0 Å². The molecule has 0 spiro atoms. The zero-order valence-electron chi connectivity index (χ0n) is 14.8. The number of nitrogens with zero attached hydrogens (tertiary/aromatic N) is 1. The molecule has 25 heavy (non-hydrogen) atoms. The molecule has 2 aromatic carbocycles. The lowest BCUT2D eigenvalue weighted by molar-refractivity contribution is -0.114. The number of nitrogens with one attached hydrogen (secondary N) is 2. The summed E-state index contributed by atoms with van der Waals surface area (Å²) in [5, 5.41) is 5.85. The zero-order chi connectivity index (χ0) is 17.5. The Morgan fingerprint density at radius 3 is 2.24 bits per heavy atom. The van der Waals surface area contributed by atoms with Crippen LogP contribution in [0.2, 0.25) is 0 Å². The first kappa shape index (κ1) is 21.0. The topological polar surface area (TPSA) is 79.5 Å². The van der Waals surface area contributed by atoms with E-state index in [9.17, 15) is 4.79 Å². The molecule has 0 unspecified atom stereocenters. The van der Waals surface area contributed by atoms with Crippen LogP contribution in [0.1, 0.15) is 23.6 Å². The van der Waals surface area contributed by atoms with Crippen molar-refractivity contribution in [1.29, 1.82) is 0 Å². The molecule has 0 saturated heterocycles. The summed E-state index contributed by atoms with van der Waals surface area (Å²) in [6, 6.07) is 13.8. The number of guanidine groups is 1. The average molecular weight is 452 g/mol. The van der Waals surface area contributed by atoms with Crippen molar-refractivity contribution in [3.05, 3.63) is 59.2 Å². The van der Waals surface area contributed by atoms with Gasteiger partial charge in [-0.05, 0) is 61.2 Å². The molecule has 0 aliphatic heterocycles. The first-order valence-corrected chi connectivity index (χ1v) is 7.95. The van der Waals surface area contributed by atoms with Crippen LogP contribution in [-0.2, 0) is 11.2 Å². The smallest absolute Gasteiger partial charge is 0.221 e. The molecule has 0 bridgehead atoms. The van der Waals surface area contributed by atoms with E-state index < -0.39 is 0 Å². The fraction of sp³-hybridized carbons (Fsp3) is 0.263. The van der Waals surface area contributed by atoms with Gasteiger partial charge >= 0.3 is 0 Å². The number of aryl methyl sites for hydroxylation is 2. The summed E-state index contributed by atoms with van der Waals surface area (Å²) in [6.45, 7) is 6.24. The van der Waals surface area contributed by atoms with Crippen molar-refractivity contribution < 1.29 is 4.79 Å². The summed E-state index contributed by atoms with van der Waals surface area (Å²) in [7, 11) is 0. The number of carbonyl (C=O) groups is 1. The van der Waals surface area contributed by atoms with Crippen molar-refractivity contribution in [3.8, 4) is 0 Å². The normalized spacial score (nSPS) is 10.8. The standard InChI is InChI=1S/C19H24N4O.HI/c1-13-4-7-18(12-14(13)2)23-19(20)21-11-10-16-5-8-17(9-6-16)22-15(3)24;/h4-9,12H,10-11H2,1-3H3,(H,22,24)(H3,20,21,23);1H. The third-order valence-corrected chi connectivity index (χ3v) is 3.74. The van der Waals surface area contributed by atoms with E-state index in [1.165, 1.54) is 18.1 Å². The molecule has 134 valence electrons. The van der Waals surface area contributed by atoms with Crippen molar-refractivity contribution >= 4 is 47.2 Å². The summed E-state index contributed by atoms with van der Waals surface area (Å²) >= 11 is 0. The lowest BCUT2D eigenvalue weighted by atomic mass is 10.1. The number of aliphatic imine (C=N–C) groups is 1. The van der Waals surface area contributed by atoms with Gasteiger partial charge < -0.3 is 16.4 Å². The second-order valence-electron chi connectivity index (χ2n) is 5.82. The molecule has 0 atom stereocenters. The Bertz CT molecular complexity index is 742. The van der Waals surface area contributed by atoms with E-state index in [1.54, 1.807) is 0 Å². The molecule has 0 aromatic heterocycles. The lowest BCUT2D eigenvalue weighted by Crippen LogP contribution is -2.23. The van der Waals surface area contributed by atoms with Gasteiger partial charge in [-0.25, -0.2) is 0 Å². The fourth-order valence-electron chi connectivity index (χ4n) is 2.27. The quantitative estimate of drug-likeness (QED) is 0.366. The SMILES string of the molecule is CC(=O)Nc1ccc(CCN=C(N)Nc2ccc(C)c(C)c2)cc1.I. The van der Waals surface area contributed by atoms with Crippen molar-refractivity contribution in [2.24, 2.45) is 10.7 Å². The van der Waals surface area contributed by atoms with Crippen LogP contribution in [0.4, 0.5) is 11.4 Å². The van der Waals surface area contributed by atoms with Gasteiger partial charge in [0.25, 0.3) is 0 Å². The van der Waals surface area contributed by atoms with E-state index in [2.05, 4.69) is 41.6 Å². The van der Waals surface area contributed by atoms with Crippen molar-refractivity contribution in [2.45, 2.75) is 27.2 Å². The van der Waals surface area contributed by atoms with E-state index in [0.717, 1.165) is 23.4 Å². The fourth-order valence-corrected chi connectivity index (χ4v) is 2.27. The van der Waals surface area contributed by atoms with E-state index >= 15 is 0 Å². The third kappa shape index (κ3) is 7.13. The minimum absolute atomic E-state index is 0. The number of amides is 1. The molecular formula is C19H25IN4O. The second-order valence-corrected chi connectivity index (χ2v) is 5.82. The highest BCUT2D eigenvalue weighted by Gasteiger charge is 1.99. The summed E-state index contributed by atoms with van der Waals surface area (Å²) in [6.07, 6.45) is 0.787. The van der Waals surface area contributed by atoms with Crippen LogP contribution in [-0.4, -0.2) is 18.4 Å². The maximum Gasteiger partial charge on any atom is 0.221 e. The molecule has 0 radical (unpaired) electrons. The maximum atomic E-state index is 11.0. The minimum atomic E-state index is -0.0717. The van der Waals surface area contributed by atoms with Crippen LogP contribution < -0.4 is 16.4 Å². The van der Waals surface area contributed by atoms with E-state index in [-0.39, 0.29) is 29.9 Å². The molecule has 0 aliphatic rings. The van der Waals surface area contributed by atoms with Crippen molar-refractivity contribution in [3.63, 3.8) is 0 Å². The summed E-state index contributed by atoms with van der Waals surface area (Å²) in [4.78, 5) is 15.3. The van der Waals surface area contributed by atoms with Crippen LogP contribution >= 0.6 is 24.0 Å². The average Bonchev–Trinajstić information content (AvgIpc) is 2.52. The Morgan fingerprint density at radius 1 is 1.00 bits per heavy atom. The summed E-state index contributed by atoms with van der Waals surface area (Å²) in [5.74, 6) is 0.339. The van der Waals surface area contributed by atoms with Crippen molar-refractivity contribution in [2.75, 3.05) is 17.2 Å². The van der Waals surface area contributed by atoms with Crippen LogP contribution in [0.15, 0.2) is 47.5 Å². The number of hydrogen-bond donors (Lipinski definition) is 3. The number of anilines is 2. The monoisotopic (exact) mass is 452 g/mol. The number of hydrogen-bond acceptors (Lipinski definition) is 2. The molecule has 0 fully saturated rings. The number of halogens is 1. The Morgan fingerprint density at radius 2 is 1.64 bits per heavy atom. The third-order valence-electron chi connectivity index (χ3n) is 3.74. The molecule has 1 amide bonds. The first-order chi connectivity index (χ1) is 11.4. The highest BCUT2D eigenvalue weighted by molar-refractivity contribution is 14.0. The Balaban J connectivity index is 0.00000312. The molecule has 6 heteroatoms. The summed E-state index contributed by atoms with van der Waals surface area (Å²) < 4.78 is 0. The molecule has 0 heterocycles. The second kappa shape index (κ2) is 10.0. The van der Waals surface area contributed by atoms with Gasteiger partial charge in [-0.15, -0.1) is 24.0 Å². The van der Waals surface area contributed by atoms with E-state index in [0.29, 0.717) is 12.5 Å². The molecule has 2 rings (SSSR count). The molecule has 4 N–H and O–H groups in total. The Hall–Kier alpha value is -2.09. The number of carbonyl (C=O) groups excluding carboxylic acids is 1. The Kier molecular flexibility index (Phi) is 8.40. The zero-order valence-corrected chi connectivity index (χ0v) is 17.1. The maximum absolute atomic E-state index is 11.0. The van der Waals surface area contributed by atoms with Crippen LogP contribution in [0.25, 0.3) is 0 Å². The minimum Gasteiger partial charge on any atom is -0.370 e. The molecule has 2 aromatic rings. The predicted octanol–water partition coefficient (Wildman–Crippen LogP) is 3.85. The summed E-state index contributed by atoms with van der Waals surface area (Å²) in [5.41, 5.74) is 11.3. The number of rotatable bonds is 5. The van der Waals surface area contributed by atoms with Gasteiger partial charge in [0, 0.05) is 24.8 Å².